The standard InChI is InChI=1S/C16H20/c1-11(2)9-16-13(4)12(3)10-14-7-5-6-8-15(14)16/h5-8,10-11H,9H2,1-4H3. The Balaban J connectivity index is 2.71. The predicted octanol–water partition coefficient (Wildman–Crippen LogP) is 4.66. The van der Waals surface area contributed by atoms with Crippen LogP contribution in [0.3, 0.4) is 0 Å². The lowest BCUT2D eigenvalue weighted by Gasteiger charge is -2.15. The van der Waals surface area contributed by atoms with Crippen LogP contribution < -0.4 is 0 Å². The molecule has 0 N–H and O–H groups in total. The molecule has 2 rings (SSSR count). The Labute approximate surface area is 98.3 Å². The maximum Gasteiger partial charge on any atom is -0.0149 e. The number of aryl methyl sites for hydroxylation is 1. The highest BCUT2D eigenvalue weighted by Crippen LogP contribution is 2.27. The first-order valence-corrected chi connectivity index (χ1v) is 6.07. The van der Waals surface area contributed by atoms with E-state index in [0.717, 1.165) is 0 Å². The molecule has 16 heavy (non-hydrogen) atoms. The Morgan fingerprint density at radius 3 is 2.44 bits per heavy atom. The van der Waals surface area contributed by atoms with Crippen LogP contribution in [0.4, 0.5) is 0 Å². The van der Waals surface area contributed by atoms with Crippen molar-refractivity contribution in [1.29, 1.82) is 0 Å². The number of hydrogen-bond acceptors (Lipinski definition) is 0. The van der Waals surface area contributed by atoms with Crippen LogP contribution in [-0.4, -0.2) is 0 Å². The van der Waals surface area contributed by atoms with E-state index in [1.165, 1.54) is 33.9 Å². The molecule has 2 aromatic rings. The molecule has 0 heterocycles. The molecule has 0 aliphatic rings. The van der Waals surface area contributed by atoms with Crippen molar-refractivity contribution in [3.8, 4) is 0 Å². The highest BCUT2D eigenvalue weighted by molar-refractivity contribution is 5.87. The van der Waals surface area contributed by atoms with Gasteiger partial charge >= 0.3 is 0 Å². The third-order valence-corrected chi connectivity index (χ3v) is 3.31. The van der Waals surface area contributed by atoms with Gasteiger partial charge in [-0.1, -0.05) is 44.2 Å². The van der Waals surface area contributed by atoms with E-state index in [0.29, 0.717) is 5.92 Å². The van der Waals surface area contributed by atoms with Crippen molar-refractivity contribution < 1.29 is 0 Å². The molecule has 0 heteroatoms. The minimum atomic E-state index is 0.712. The quantitative estimate of drug-likeness (QED) is 0.679. The van der Waals surface area contributed by atoms with Gasteiger partial charge < -0.3 is 0 Å². The van der Waals surface area contributed by atoms with E-state index >= 15 is 0 Å². The first-order valence-electron chi connectivity index (χ1n) is 6.07. The molecule has 0 aliphatic heterocycles. The molecule has 0 nitrogen and oxygen atoms in total. The second-order valence-electron chi connectivity index (χ2n) is 5.12. The third-order valence-electron chi connectivity index (χ3n) is 3.31. The fourth-order valence-corrected chi connectivity index (χ4v) is 2.35. The molecule has 0 atom stereocenters. The molecule has 0 saturated carbocycles. The summed E-state index contributed by atoms with van der Waals surface area (Å²) in [5.74, 6) is 0.712. The maximum atomic E-state index is 2.30. The number of fused-ring (bicyclic) bond motifs is 1. The molecule has 0 aromatic heterocycles. The van der Waals surface area contributed by atoms with Crippen LogP contribution in [0.15, 0.2) is 30.3 Å². The second kappa shape index (κ2) is 4.29. The molecule has 0 amide bonds. The monoisotopic (exact) mass is 212 g/mol. The van der Waals surface area contributed by atoms with Crippen molar-refractivity contribution in [2.45, 2.75) is 34.1 Å². The van der Waals surface area contributed by atoms with Crippen LogP contribution >= 0.6 is 0 Å². The lowest BCUT2D eigenvalue weighted by atomic mass is 9.90. The summed E-state index contributed by atoms with van der Waals surface area (Å²) >= 11 is 0. The molecular weight excluding hydrogens is 192 g/mol. The van der Waals surface area contributed by atoms with E-state index in [9.17, 15) is 0 Å². The molecule has 0 spiro atoms. The van der Waals surface area contributed by atoms with Crippen molar-refractivity contribution in [1.82, 2.24) is 0 Å². The Hall–Kier alpha value is -1.30. The van der Waals surface area contributed by atoms with E-state index in [1.807, 2.05) is 0 Å². The Bertz CT molecular complexity index is 507. The van der Waals surface area contributed by atoms with Gasteiger partial charge in [0.25, 0.3) is 0 Å². The van der Waals surface area contributed by atoms with Crippen molar-refractivity contribution in [2.75, 3.05) is 0 Å². The highest BCUT2D eigenvalue weighted by atomic mass is 14.1. The Morgan fingerprint density at radius 1 is 1.06 bits per heavy atom. The van der Waals surface area contributed by atoms with Gasteiger partial charge in [-0.25, -0.2) is 0 Å². The van der Waals surface area contributed by atoms with Crippen molar-refractivity contribution >= 4 is 10.8 Å². The first kappa shape index (κ1) is 11.2. The largest absolute Gasteiger partial charge is 0.0625 e. The van der Waals surface area contributed by atoms with Crippen LogP contribution in [-0.2, 0) is 6.42 Å². The fourth-order valence-electron chi connectivity index (χ4n) is 2.35. The molecule has 0 saturated heterocycles. The van der Waals surface area contributed by atoms with Crippen LogP contribution in [0, 0.1) is 19.8 Å². The molecule has 0 fully saturated rings. The minimum Gasteiger partial charge on any atom is -0.0625 e. The molecule has 0 radical (unpaired) electrons. The molecule has 0 aliphatic carbocycles. The molecule has 0 bridgehead atoms. The van der Waals surface area contributed by atoms with Crippen LogP contribution in [0.2, 0.25) is 0 Å². The average molecular weight is 212 g/mol. The zero-order valence-corrected chi connectivity index (χ0v) is 10.7. The van der Waals surface area contributed by atoms with Gasteiger partial charge in [-0.2, -0.15) is 0 Å². The van der Waals surface area contributed by atoms with E-state index in [2.05, 4.69) is 58.0 Å². The molecular formula is C16H20. The zero-order valence-electron chi connectivity index (χ0n) is 10.7. The van der Waals surface area contributed by atoms with Crippen molar-refractivity contribution in [3.05, 3.63) is 47.0 Å². The van der Waals surface area contributed by atoms with E-state index in [1.54, 1.807) is 0 Å². The SMILES string of the molecule is Cc1cc2ccccc2c(CC(C)C)c1C. The minimum absolute atomic E-state index is 0.712. The highest BCUT2D eigenvalue weighted by Gasteiger charge is 2.08. The predicted molar refractivity (Wildman–Crippen MR) is 72.0 cm³/mol. The van der Waals surface area contributed by atoms with Gasteiger partial charge in [0.2, 0.25) is 0 Å². The molecule has 0 unspecified atom stereocenters. The van der Waals surface area contributed by atoms with Crippen LogP contribution in [0.25, 0.3) is 10.8 Å². The third kappa shape index (κ3) is 1.97. The van der Waals surface area contributed by atoms with Crippen molar-refractivity contribution in [3.63, 3.8) is 0 Å². The van der Waals surface area contributed by atoms with Crippen LogP contribution in [0.5, 0.6) is 0 Å². The van der Waals surface area contributed by atoms with Gasteiger partial charge in [0.15, 0.2) is 0 Å². The van der Waals surface area contributed by atoms with Gasteiger partial charge in [0.1, 0.15) is 0 Å². The van der Waals surface area contributed by atoms with E-state index in [4.69, 9.17) is 0 Å². The van der Waals surface area contributed by atoms with Gasteiger partial charge in [-0.05, 0) is 53.6 Å². The van der Waals surface area contributed by atoms with E-state index < -0.39 is 0 Å². The van der Waals surface area contributed by atoms with Gasteiger partial charge in [0, 0.05) is 0 Å². The average Bonchev–Trinajstić information content (AvgIpc) is 2.24. The number of hydrogen-bond donors (Lipinski definition) is 0. The normalized spacial score (nSPS) is 11.3. The lowest BCUT2D eigenvalue weighted by molar-refractivity contribution is 0.647. The Kier molecular flexibility index (Phi) is 3.00. The summed E-state index contributed by atoms with van der Waals surface area (Å²) in [4.78, 5) is 0. The van der Waals surface area contributed by atoms with Crippen LogP contribution in [0.1, 0.15) is 30.5 Å². The van der Waals surface area contributed by atoms with Crippen molar-refractivity contribution in [2.24, 2.45) is 5.92 Å². The van der Waals surface area contributed by atoms with Gasteiger partial charge in [0.05, 0.1) is 0 Å². The van der Waals surface area contributed by atoms with Gasteiger partial charge in [-0.3, -0.25) is 0 Å². The summed E-state index contributed by atoms with van der Waals surface area (Å²) < 4.78 is 0. The fraction of sp³-hybridized carbons (Fsp3) is 0.375. The van der Waals surface area contributed by atoms with Gasteiger partial charge in [-0.15, -0.1) is 0 Å². The second-order valence-corrected chi connectivity index (χ2v) is 5.12. The number of benzene rings is 2. The summed E-state index contributed by atoms with van der Waals surface area (Å²) in [6.45, 7) is 9.04. The Morgan fingerprint density at radius 2 is 1.75 bits per heavy atom. The molecule has 84 valence electrons. The smallest absolute Gasteiger partial charge is 0.0149 e. The summed E-state index contributed by atoms with van der Waals surface area (Å²) in [5, 5.41) is 2.81. The first-order chi connectivity index (χ1) is 7.59. The zero-order chi connectivity index (χ0) is 11.7. The summed E-state index contributed by atoms with van der Waals surface area (Å²) in [6, 6.07) is 11.0. The summed E-state index contributed by atoms with van der Waals surface area (Å²) in [6.07, 6.45) is 1.17. The number of rotatable bonds is 2. The maximum absolute atomic E-state index is 2.30. The van der Waals surface area contributed by atoms with E-state index in [-0.39, 0.29) is 0 Å². The summed E-state index contributed by atoms with van der Waals surface area (Å²) in [7, 11) is 0. The lowest BCUT2D eigenvalue weighted by Crippen LogP contribution is -2.00. The topological polar surface area (TPSA) is 0 Å². The summed E-state index contributed by atoms with van der Waals surface area (Å²) in [5.41, 5.74) is 4.41. The molecule has 2 aromatic carbocycles.